The van der Waals surface area contributed by atoms with E-state index in [9.17, 15) is 9.59 Å². The van der Waals surface area contributed by atoms with Gasteiger partial charge in [-0.05, 0) is 73.9 Å². The molecule has 2 aromatic carbocycles. The van der Waals surface area contributed by atoms with E-state index >= 15 is 0 Å². The Bertz CT molecular complexity index is 1210. The van der Waals surface area contributed by atoms with Gasteiger partial charge in [0.1, 0.15) is 0 Å². The van der Waals surface area contributed by atoms with Gasteiger partial charge in [-0.3, -0.25) is 9.59 Å². The molecule has 0 bridgehead atoms. The predicted octanol–water partition coefficient (Wildman–Crippen LogP) is 4.22. The molecule has 2 fully saturated rings. The number of fused-ring (bicyclic) bond motifs is 2. The maximum Gasteiger partial charge on any atom is 0.298 e. The fourth-order valence-corrected chi connectivity index (χ4v) is 5.58. The van der Waals surface area contributed by atoms with E-state index in [2.05, 4.69) is 41.4 Å². The molecule has 0 radical (unpaired) electrons. The number of hydrogen-bond acceptors (Lipinski definition) is 3. The van der Waals surface area contributed by atoms with E-state index in [1.807, 2.05) is 26.1 Å². The summed E-state index contributed by atoms with van der Waals surface area (Å²) in [5, 5.41) is 4.45. The highest BCUT2D eigenvalue weighted by Crippen LogP contribution is 2.57. The summed E-state index contributed by atoms with van der Waals surface area (Å²) in [6, 6.07) is 12.1. The summed E-state index contributed by atoms with van der Waals surface area (Å²) in [5.41, 5.74) is 4.32. The fraction of sp³-hybridized carbons (Fsp3) is 0.385. The molecular weight excluding hydrogens is 422 g/mol. The first-order chi connectivity index (χ1) is 15.3. The Morgan fingerprint density at radius 3 is 2.66 bits per heavy atom. The zero-order chi connectivity index (χ0) is 22.7. The van der Waals surface area contributed by atoms with Crippen LogP contribution < -0.4 is 10.2 Å². The van der Waals surface area contributed by atoms with E-state index in [1.165, 1.54) is 0 Å². The number of nitrogens with zero attached hydrogens (tertiary/aromatic N) is 2. The monoisotopic (exact) mass is 447 g/mol. The molecule has 0 aromatic heterocycles. The molecule has 2 amide bonds. The smallest absolute Gasteiger partial charge is 0.298 e. The lowest BCUT2D eigenvalue weighted by Gasteiger charge is -2.34. The Kier molecular flexibility index (Phi) is 4.76. The Morgan fingerprint density at radius 2 is 1.94 bits per heavy atom. The summed E-state index contributed by atoms with van der Waals surface area (Å²) >= 11 is 6.48. The molecule has 6 heteroatoms. The summed E-state index contributed by atoms with van der Waals surface area (Å²) in [4.78, 5) is 28.9. The zero-order valence-corrected chi connectivity index (χ0v) is 19.3. The van der Waals surface area contributed by atoms with Gasteiger partial charge in [-0.1, -0.05) is 35.7 Å². The van der Waals surface area contributed by atoms with Gasteiger partial charge in [0.2, 0.25) is 5.91 Å². The topological polar surface area (TPSA) is 52.7 Å². The minimum absolute atomic E-state index is 0.161. The molecule has 1 saturated heterocycles. The van der Waals surface area contributed by atoms with Gasteiger partial charge in [-0.2, -0.15) is 0 Å². The second-order valence-electron chi connectivity index (χ2n) is 9.15. The molecule has 1 aliphatic carbocycles. The second-order valence-corrected chi connectivity index (χ2v) is 9.56. The largest absolute Gasteiger partial charge is 0.374 e. The van der Waals surface area contributed by atoms with Gasteiger partial charge >= 0.3 is 0 Å². The van der Waals surface area contributed by atoms with E-state index in [1.54, 1.807) is 16.7 Å². The maximum absolute atomic E-state index is 12.8. The van der Waals surface area contributed by atoms with Crippen LogP contribution in [0.15, 0.2) is 36.4 Å². The number of carbonyl (C=O) groups excluding carboxylic acids is 2. The molecule has 1 spiro atoms. The number of amides is 2. The summed E-state index contributed by atoms with van der Waals surface area (Å²) in [6.07, 6.45) is 2.59. The first kappa shape index (κ1) is 20.9. The lowest BCUT2D eigenvalue weighted by Crippen LogP contribution is -2.40. The van der Waals surface area contributed by atoms with Crippen molar-refractivity contribution in [3.05, 3.63) is 58.1 Å². The van der Waals surface area contributed by atoms with Crippen LogP contribution in [-0.2, 0) is 20.5 Å². The standard InChI is InChI=1S/C26H26ClN3O2/c1-4-6-23(31)30-14-13-26(16-30,19-7-5-8-21(27)17(19)2)28-18-9-10-20-22(15-18)29(3)24(32)25(20)11-12-25/h5,7-10,15,28H,11-14,16H2,1-3H3/t26-/m1/s1. The average Bonchev–Trinajstić information content (AvgIpc) is 3.43. The van der Waals surface area contributed by atoms with Gasteiger partial charge in [0.25, 0.3) is 5.91 Å². The van der Waals surface area contributed by atoms with Crippen molar-refractivity contribution in [2.75, 3.05) is 30.4 Å². The molecule has 3 aliphatic rings. The van der Waals surface area contributed by atoms with Crippen molar-refractivity contribution in [2.24, 2.45) is 0 Å². The molecule has 5 nitrogen and oxygen atoms in total. The highest BCUT2D eigenvalue weighted by atomic mass is 35.5. The summed E-state index contributed by atoms with van der Waals surface area (Å²) < 4.78 is 0. The normalized spacial score (nSPS) is 22.6. The van der Waals surface area contributed by atoms with Crippen LogP contribution in [0.1, 0.15) is 42.9 Å². The van der Waals surface area contributed by atoms with Gasteiger partial charge in [0.15, 0.2) is 0 Å². The van der Waals surface area contributed by atoms with Gasteiger partial charge in [-0.25, -0.2) is 0 Å². The average molecular weight is 448 g/mol. The first-order valence-corrected chi connectivity index (χ1v) is 11.4. The lowest BCUT2D eigenvalue weighted by molar-refractivity contribution is -0.124. The second kappa shape index (κ2) is 7.28. The van der Waals surface area contributed by atoms with Crippen LogP contribution in [0, 0.1) is 18.8 Å². The third-order valence-electron chi connectivity index (χ3n) is 7.29. The third-order valence-corrected chi connectivity index (χ3v) is 7.70. The van der Waals surface area contributed by atoms with Crippen molar-refractivity contribution in [3.8, 4) is 11.8 Å². The lowest BCUT2D eigenvalue weighted by atomic mass is 9.85. The molecule has 2 aliphatic heterocycles. The number of likely N-dealkylation sites (N-methyl/N-ethyl adjacent to an activating group) is 1. The van der Waals surface area contributed by atoms with Crippen LogP contribution in [-0.4, -0.2) is 36.9 Å². The van der Waals surface area contributed by atoms with Gasteiger partial charge in [-0.15, -0.1) is 0 Å². The van der Waals surface area contributed by atoms with E-state index < -0.39 is 5.54 Å². The number of hydrogen-bond donors (Lipinski definition) is 1. The van der Waals surface area contributed by atoms with E-state index in [0.29, 0.717) is 18.1 Å². The zero-order valence-electron chi connectivity index (χ0n) is 18.6. The Hall–Kier alpha value is -2.97. The molecule has 164 valence electrons. The van der Waals surface area contributed by atoms with Crippen molar-refractivity contribution in [3.63, 3.8) is 0 Å². The van der Waals surface area contributed by atoms with Crippen LogP contribution >= 0.6 is 11.6 Å². The molecule has 2 aromatic rings. The van der Waals surface area contributed by atoms with Crippen molar-refractivity contribution >= 4 is 34.8 Å². The van der Waals surface area contributed by atoms with Crippen molar-refractivity contribution in [1.82, 2.24) is 4.90 Å². The molecule has 32 heavy (non-hydrogen) atoms. The molecule has 0 unspecified atom stereocenters. The number of carbonyl (C=O) groups is 2. The quantitative estimate of drug-likeness (QED) is 0.717. The molecule has 2 heterocycles. The molecular formula is C26H26ClN3O2. The van der Waals surface area contributed by atoms with Gasteiger partial charge < -0.3 is 15.1 Å². The van der Waals surface area contributed by atoms with E-state index in [0.717, 1.165) is 47.3 Å². The highest BCUT2D eigenvalue weighted by molar-refractivity contribution is 6.31. The summed E-state index contributed by atoms with van der Waals surface area (Å²) in [6.45, 7) is 4.80. The molecule has 5 rings (SSSR count). The summed E-state index contributed by atoms with van der Waals surface area (Å²) in [5.74, 6) is 5.41. The number of anilines is 2. The Morgan fingerprint density at radius 1 is 1.16 bits per heavy atom. The number of halogens is 1. The third kappa shape index (κ3) is 3.01. The number of nitrogens with one attached hydrogen (secondary N) is 1. The minimum Gasteiger partial charge on any atom is -0.374 e. The van der Waals surface area contributed by atoms with Crippen LogP contribution in [0.4, 0.5) is 11.4 Å². The fourth-order valence-electron chi connectivity index (χ4n) is 5.41. The molecule has 1 saturated carbocycles. The van der Waals surface area contributed by atoms with Gasteiger partial charge in [0, 0.05) is 36.5 Å². The van der Waals surface area contributed by atoms with Crippen molar-refractivity contribution in [1.29, 1.82) is 0 Å². The Balaban J connectivity index is 1.54. The van der Waals surface area contributed by atoms with Gasteiger partial charge in [0.05, 0.1) is 11.0 Å². The Labute approximate surface area is 193 Å². The van der Waals surface area contributed by atoms with E-state index in [-0.39, 0.29) is 17.2 Å². The number of benzene rings is 2. The first-order valence-electron chi connectivity index (χ1n) is 11.0. The van der Waals surface area contributed by atoms with Crippen molar-refractivity contribution < 1.29 is 9.59 Å². The number of likely N-dealkylation sites (tertiary alicyclic amines) is 1. The summed E-state index contributed by atoms with van der Waals surface area (Å²) in [7, 11) is 1.86. The van der Waals surface area contributed by atoms with Crippen LogP contribution in [0.5, 0.6) is 0 Å². The molecule has 1 N–H and O–H groups in total. The number of rotatable bonds is 3. The van der Waals surface area contributed by atoms with Crippen LogP contribution in [0.3, 0.4) is 0 Å². The van der Waals surface area contributed by atoms with Crippen molar-refractivity contribution in [2.45, 2.75) is 44.1 Å². The van der Waals surface area contributed by atoms with E-state index in [4.69, 9.17) is 11.6 Å². The highest BCUT2D eigenvalue weighted by Gasteiger charge is 2.58. The maximum atomic E-state index is 12.8. The SMILES string of the molecule is CC#CC(=O)N1CC[C@](Nc2ccc3c(c2)N(C)C(=O)C32CC2)(c2cccc(Cl)c2C)C1. The predicted molar refractivity (Wildman–Crippen MR) is 127 cm³/mol. The van der Waals surface area contributed by atoms with Crippen LogP contribution in [0.2, 0.25) is 5.02 Å². The minimum atomic E-state index is -0.493. The molecule has 1 atom stereocenters. The van der Waals surface area contributed by atoms with Crippen LogP contribution in [0.25, 0.3) is 0 Å².